The number of likely N-dealkylation sites (N-methyl/N-ethyl adjacent to an activating group) is 1. The molecule has 30 heavy (non-hydrogen) atoms. The van der Waals surface area contributed by atoms with Gasteiger partial charge < -0.3 is 15.1 Å². The summed E-state index contributed by atoms with van der Waals surface area (Å²) in [6.07, 6.45) is 0.492. The Hall–Kier alpha value is -3.33. The third-order valence-corrected chi connectivity index (χ3v) is 4.83. The molecule has 2 rings (SSSR count). The second-order valence-electron chi connectivity index (χ2n) is 7.06. The largest absolute Gasteiger partial charge is 0.370 e. The number of aryl methyl sites for hydroxylation is 1. The Balaban J connectivity index is 1.81. The maximum atomic E-state index is 12.6. The molecular weight excluding hydrogens is 376 g/mol. The minimum atomic E-state index is -0.151. The van der Waals surface area contributed by atoms with E-state index in [1.54, 1.807) is 4.90 Å². The number of amides is 2. The van der Waals surface area contributed by atoms with Crippen LogP contribution < -0.4 is 15.1 Å². The van der Waals surface area contributed by atoms with Crippen LogP contribution in [0.4, 0.5) is 11.4 Å². The number of para-hydroxylation sites is 1. The molecule has 6 nitrogen and oxygen atoms in total. The quantitative estimate of drug-likeness (QED) is 0.618. The van der Waals surface area contributed by atoms with Gasteiger partial charge in [0.2, 0.25) is 11.8 Å². The van der Waals surface area contributed by atoms with Crippen molar-refractivity contribution in [2.75, 3.05) is 36.0 Å². The second kappa shape index (κ2) is 12.3. The summed E-state index contributed by atoms with van der Waals surface area (Å²) in [5.41, 5.74) is 3.08. The van der Waals surface area contributed by atoms with Gasteiger partial charge in [0, 0.05) is 50.4 Å². The molecule has 158 valence electrons. The molecule has 6 heteroatoms. The summed E-state index contributed by atoms with van der Waals surface area (Å²) in [6, 6.07) is 19.6. The molecule has 0 heterocycles. The number of nitrogens with zero attached hydrogens (tertiary/aromatic N) is 3. The molecule has 0 bridgehead atoms. The van der Waals surface area contributed by atoms with E-state index in [-0.39, 0.29) is 31.1 Å². The van der Waals surface area contributed by atoms with E-state index in [4.69, 9.17) is 5.26 Å². The number of anilines is 2. The Morgan fingerprint density at radius 3 is 2.40 bits per heavy atom. The molecule has 0 saturated carbocycles. The molecule has 0 radical (unpaired) electrons. The monoisotopic (exact) mass is 406 g/mol. The van der Waals surface area contributed by atoms with E-state index in [9.17, 15) is 9.59 Å². The van der Waals surface area contributed by atoms with Crippen molar-refractivity contribution >= 4 is 23.2 Å². The summed E-state index contributed by atoms with van der Waals surface area (Å²) in [7, 11) is 0. The first kappa shape index (κ1) is 23.0. The lowest BCUT2D eigenvalue weighted by molar-refractivity contribution is -0.125. The minimum Gasteiger partial charge on any atom is -0.370 e. The Morgan fingerprint density at radius 2 is 1.73 bits per heavy atom. The molecule has 0 unspecified atom stereocenters. The number of carbonyl (C=O) groups excluding carboxylic acids is 2. The van der Waals surface area contributed by atoms with Gasteiger partial charge in [0.1, 0.15) is 0 Å². The zero-order chi connectivity index (χ0) is 21.8. The number of nitrogens with one attached hydrogen (secondary N) is 1. The van der Waals surface area contributed by atoms with Gasteiger partial charge in [-0.2, -0.15) is 5.26 Å². The first-order valence-corrected chi connectivity index (χ1v) is 10.4. The number of hydrogen-bond acceptors (Lipinski definition) is 4. The van der Waals surface area contributed by atoms with Gasteiger partial charge in [-0.1, -0.05) is 30.3 Å². The predicted octanol–water partition coefficient (Wildman–Crippen LogP) is 3.66. The van der Waals surface area contributed by atoms with Crippen LogP contribution in [0.15, 0.2) is 54.6 Å². The normalized spacial score (nSPS) is 10.2. The van der Waals surface area contributed by atoms with Gasteiger partial charge in [-0.25, -0.2) is 0 Å². The van der Waals surface area contributed by atoms with Crippen LogP contribution in [0, 0.1) is 18.3 Å². The van der Waals surface area contributed by atoms with Gasteiger partial charge in [0.25, 0.3) is 0 Å². The maximum absolute atomic E-state index is 12.6. The molecule has 0 fully saturated rings. The molecule has 0 saturated heterocycles. The molecule has 0 aliphatic carbocycles. The van der Waals surface area contributed by atoms with Crippen LogP contribution in [-0.2, 0) is 9.59 Å². The Labute approximate surface area is 179 Å². The van der Waals surface area contributed by atoms with Gasteiger partial charge in [-0.15, -0.1) is 0 Å². The summed E-state index contributed by atoms with van der Waals surface area (Å²) in [4.78, 5) is 28.6. The van der Waals surface area contributed by atoms with Crippen molar-refractivity contribution < 1.29 is 9.59 Å². The highest BCUT2D eigenvalue weighted by Crippen LogP contribution is 2.16. The molecule has 0 atom stereocenters. The zero-order valence-electron chi connectivity index (χ0n) is 17.8. The lowest BCUT2D eigenvalue weighted by atomic mass is 10.2. The van der Waals surface area contributed by atoms with Crippen molar-refractivity contribution in [3.8, 4) is 6.07 Å². The van der Waals surface area contributed by atoms with Crippen LogP contribution in [0.2, 0.25) is 0 Å². The second-order valence-corrected chi connectivity index (χ2v) is 7.06. The van der Waals surface area contributed by atoms with E-state index in [1.807, 2.05) is 36.4 Å². The molecule has 2 aromatic carbocycles. The molecule has 0 aromatic heterocycles. The highest BCUT2D eigenvalue weighted by atomic mass is 16.2. The van der Waals surface area contributed by atoms with Gasteiger partial charge >= 0.3 is 0 Å². The number of rotatable bonds is 11. The van der Waals surface area contributed by atoms with E-state index < -0.39 is 0 Å². The van der Waals surface area contributed by atoms with E-state index in [2.05, 4.69) is 48.3 Å². The summed E-state index contributed by atoms with van der Waals surface area (Å²) in [6.45, 7) is 6.54. The van der Waals surface area contributed by atoms with E-state index in [0.29, 0.717) is 19.6 Å². The molecular formula is C24H30N4O2. The van der Waals surface area contributed by atoms with Crippen molar-refractivity contribution in [2.45, 2.75) is 33.1 Å². The zero-order valence-corrected chi connectivity index (χ0v) is 17.8. The van der Waals surface area contributed by atoms with Crippen LogP contribution >= 0.6 is 0 Å². The van der Waals surface area contributed by atoms with Crippen LogP contribution in [0.3, 0.4) is 0 Å². The predicted molar refractivity (Wildman–Crippen MR) is 120 cm³/mol. The molecule has 0 aliphatic rings. The lowest BCUT2D eigenvalue weighted by Crippen LogP contribution is -2.36. The number of benzene rings is 2. The third-order valence-electron chi connectivity index (χ3n) is 4.83. The fourth-order valence-corrected chi connectivity index (χ4v) is 3.24. The van der Waals surface area contributed by atoms with E-state index in [1.165, 1.54) is 5.56 Å². The van der Waals surface area contributed by atoms with Crippen molar-refractivity contribution in [1.29, 1.82) is 5.26 Å². The Kier molecular flexibility index (Phi) is 9.39. The summed E-state index contributed by atoms with van der Waals surface area (Å²) >= 11 is 0. The highest BCUT2D eigenvalue weighted by Gasteiger charge is 2.16. The number of carbonyl (C=O) groups is 2. The topological polar surface area (TPSA) is 76.4 Å². The SMILES string of the molecule is CCN(CCNC(=O)CCC(=O)N(CCC#N)c1ccccc1)c1cccc(C)c1. The standard InChI is InChI=1S/C24H30N4O2/c1-3-27(22-12-7-9-20(2)19-22)18-16-26-23(29)13-14-24(30)28(17-8-15-25)21-10-5-4-6-11-21/h4-7,9-12,19H,3,8,13-14,16-18H2,1-2H3,(H,26,29). The van der Waals surface area contributed by atoms with E-state index >= 15 is 0 Å². The van der Waals surface area contributed by atoms with Crippen LogP contribution in [0.1, 0.15) is 31.7 Å². The minimum absolute atomic E-state index is 0.113. The summed E-state index contributed by atoms with van der Waals surface area (Å²) in [5.74, 6) is -0.293. The first-order valence-electron chi connectivity index (χ1n) is 10.4. The van der Waals surface area contributed by atoms with Gasteiger partial charge in [0.05, 0.1) is 12.5 Å². The fraction of sp³-hybridized carbons (Fsp3) is 0.375. The van der Waals surface area contributed by atoms with Crippen molar-refractivity contribution in [3.05, 3.63) is 60.2 Å². The van der Waals surface area contributed by atoms with Crippen LogP contribution in [0.25, 0.3) is 0 Å². The van der Waals surface area contributed by atoms with Crippen LogP contribution in [0.5, 0.6) is 0 Å². The molecule has 2 aromatic rings. The fourth-order valence-electron chi connectivity index (χ4n) is 3.24. The third kappa shape index (κ3) is 7.25. The molecule has 2 amide bonds. The van der Waals surface area contributed by atoms with Gasteiger partial charge in [-0.3, -0.25) is 9.59 Å². The number of hydrogen-bond donors (Lipinski definition) is 1. The molecule has 0 aliphatic heterocycles. The molecule has 1 N–H and O–H groups in total. The van der Waals surface area contributed by atoms with Gasteiger partial charge in [-0.05, 0) is 43.7 Å². The Bertz CT molecular complexity index is 861. The number of nitriles is 1. The van der Waals surface area contributed by atoms with Crippen molar-refractivity contribution in [3.63, 3.8) is 0 Å². The Morgan fingerprint density at radius 1 is 1.00 bits per heavy atom. The first-order chi connectivity index (χ1) is 14.5. The van der Waals surface area contributed by atoms with Crippen molar-refractivity contribution in [1.82, 2.24) is 5.32 Å². The summed E-state index contributed by atoms with van der Waals surface area (Å²) < 4.78 is 0. The average molecular weight is 407 g/mol. The van der Waals surface area contributed by atoms with Gasteiger partial charge in [0.15, 0.2) is 0 Å². The maximum Gasteiger partial charge on any atom is 0.227 e. The van der Waals surface area contributed by atoms with Crippen LogP contribution in [-0.4, -0.2) is 38.0 Å². The smallest absolute Gasteiger partial charge is 0.227 e. The highest BCUT2D eigenvalue weighted by molar-refractivity contribution is 5.95. The van der Waals surface area contributed by atoms with E-state index in [0.717, 1.165) is 17.9 Å². The summed E-state index contributed by atoms with van der Waals surface area (Å²) in [5, 5.41) is 11.8. The van der Waals surface area contributed by atoms with Crippen molar-refractivity contribution in [2.24, 2.45) is 0 Å². The molecule has 0 spiro atoms. The lowest BCUT2D eigenvalue weighted by Gasteiger charge is -2.24. The average Bonchev–Trinajstić information content (AvgIpc) is 2.76.